The van der Waals surface area contributed by atoms with Crippen molar-refractivity contribution in [2.24, 2.45) is 0 Å². The highest BCUT2D eigenvalue weighted by atomic mass is 32.1. The second-order valence-electron chi connectivity index (χ2n) is 4.44. The number of hydrogen-bond acceptors (Lipinski definition) is 6. The van der Waals surface area contributed by atoms with Crippen LogP contribution >= 0.6 is 11.3 Å². The van der Waals surface area contributed by atoms with E-state index in [1.807, 2.05) is 17.5 Å². The molecule has 0 unspecified atom stereocenters. The van der Waals surface area contributed by atoms with Crippen molar-refractivity contribution in [2.45, 2.75) is 6.42 Å². The molecule has 2 aromatic heterocycles. The molecule has 0 aliphatic rings. The third kappa shape index (κ3) is 3.54. The summed E-state index contributed by atoms with van der Waals surface area (Å²) in [5.74, 6) is -0.381. The summed E-state index contributed by atoms with van der Waals surface area (Å²) in [6.45, 7) is 0.501. The van der Waals surface area contributed by atoms with Crippen molar-refractivity contribution < 1.29 is 9.72 Å². The number of thiophene rings is 1. The Morgan fingerprint density at radius 2 is 2.33 bits per heavy atom. The molecule has 0 bridgehead atoms. The first-order valence-corrected chi connectivity index (χ1v) is 7.04. The molecule has 7 nitrogen and oxygen atoms in total. The molecule has 0 aliphatic carbocycles. The van der Waals surface area contributed by atoms with Gasteiger partial charge in [-0.15, -0.1) is 11.3 Å². The predicted octanol–water partition coefficient (Wildman–Crippen LogP) is 1.95. The van der Waals surface area contributed by atoms with Crippen LogP contribution in [-0.2, 0) is 6.42 Å². The fraction of sp³-hybridized carbons (Fsp3) is 0.231. The Labute approximate surface area is 125 Å². The van der Waals surface area contributed by atoms with Gasteiger partial charge in [-0.05, 0) is 17.9 Å². The van der Waals surface area contributed by atoms with Crippen molar-refractivity contribution in [2.75, 3.05) is 19.3 Å². The first kappa shape index (κ1) is 14.9. The van der Waals surface area contributed by atoms with Crippen LogP contribution in [0.1, 0.15) is 15.2 Å². The van der Waals surface area contributed by atoms with Gasteiger partial charge in [-0.1, -0.05) is 6.07 Å². The van der Waals surface area contributed by atoms with Gasteiger partial charge in [-0.2, -0.15) is 0 Å². The number of anilines is 1. The van der Waals surface area contributed by atoms with E-state index in [0.717, 1.165) is 18.7 Å². The van der Waals surface area contributed by atoms with Crippen LogP contribution in [-0.4, -0.2) is 34.3 Å². The first-order valence-electron chi connectivity index (χ1n) is 6.17. The summed E-state index contributed by atoms with van der Waals surface area (Å²) >= 11 is 1.62. The van der Waals surface area contributed by atoms with Crippen LogP contribution in [0.5, 0.6) is 0 Å². The summed E-state index contributed by atoms with van der Waals surface area (Å²) in [4.78, 5) is 28.8. The van der Waals surface area contributed by atoms with Gasteiger partial charge in [0.05, 0.1) is 10.5 Å². The molecule has 0 atom stereocenters. The second-order valence-corrected chi connectivity index (χ2v) is 5.47. The smallest absolute Gasteiger partial charge is 0.288 e. The van der Waals surface area contributed by atoms with Crippen molar-refractivity contribution in [1.29, 1.82) is 0 Å². The highest BCUT2D eigenvalue weighted by Gasteiger charge is 2.19. The van der Waals surface area contributed by atoms with Crippen molar-refractivity contribution >= 4 is 28.7 Å². The maximum Gasteiger partial charge on any atom is 0.288 e. The Bertz CT molecular complexity index is 657. The minimum atomic E-state index is -0.602. The van der Waals surface area contributed by atoms with E-state index in [2.05, 4.69) is 4.98 Å². The van der Waals surface area contributed by atoms with Crippen molar-refractivity contribution in [3.63, 3.8) is 0 Å². The fourth-order valence-corrected chi connectivity index (χ4v) is 2.47. The van der Waals surface area contributed by atoms with E-state index >= 15 is 0 Å². The monoisotopic (exact) mass is 306 g/mol. The summed E-state index contributed by atoms with van der Waals surface area (Å²) in [5, 5.41) is 12.7. The number of nitrogens with zero attached hydrogens (tertiary/aromatic N) is 3. The number of likely N-dealkylation sites (N-methyl/N-ethyl adjacent to an activating group) is 1. The summed E-state index contributed by atoms with van der Waals surface area (Å²) in [6, 6.07) is 5.10. The molecule has 110 valence electrons. The van der Waals surface area contributed by atoms with E-state index in [9.17, 15) is 14.9 Å². The number of nitrogen functional groups attached to an aromatic ring is 1. The lowest BCUT2D eigenvalue weighted by Gasteiger charge is -2.17. The maximum absolute atomic E-state index is 12.3. The molecule has 21 heavy (non-hydrogen) atoms. The molecular weight excluding hydrogens is 292 g/mol. The van der Waals surface area contributed by atoms with Crippen LogP contribution in [0.15, 0.2) is 29.8 Å². The summed E-state index contributed by atoms with van der Waals surface area (Å²) < 4.78 is 0. The molecule has 2 heterocycles. The normalized spacial score (nSPS) is 10.3. The van der Waals surface area contributed by atoms with Crippen LogP contribution < -0.4 is 5.73 Å². The van der Waals surface area contributed by atoms with Gasteiger partial charge in [0.2, 0.25) is 0 Å². The van der Waals surface area contributed by atoms with Gasteiger partial charge in [-0.25, -0.2) is 4.98 Å². The molecule has 8 heteroatoms. The van der Waals surface area contributed by atoms with E-state index < -0.39 is 4.92 Å². The predicted molar refractivity (Wildman–Crippen MR) is 80.3 cm³/mol. The molecule has 0 fully saturated rings. The molecule has 0 saturated carbocycles. The van der Waals surface area contributed by atoms with Crippen molar-refractivity contribution in [3.05, 3.63) is 50.3 Å². The molecule has 2 N–H and O–H groups in total. The van der Waals surface area contributed by atoms with Gasteiger partial charge in [0.15, 0.2) is 0 Å². The molecule has 2 rings (SSSR count). The SMILES string of the molecule is CN(CCc1cccs1)C(=O)c1cc([N+](=O)[O-])cnc1N. The Kier molecular flexibility index (Phi) is 4.49. The number of nitrogens with two attached hydrogens (primary N) is 1. The standard InChI is InChI=1S/C13H14N4O3S/c1-16(5-4-10-3-2-6-21-10)13(18)11-7-9(17(19)20)8-15-12(11)14/h2-3,6-8H,4-5H2,1H3,(H2,14,15). The van der Waals surface area contributed by atoms with Crippen molar-refractivity contribution in [1.82, 2.24) is 9.88 Å². The minimum absolute atomic E-state index is 0.00595. The number of rotatable bonds is 5. The zero-order valence-corrected chi connectivity index (χ0v) is 12.2. The van der Waals surface area contributed by atoms with Gasteiger partial charge in [-0.3, -0.25) is 14.9 Å². The zero-order chi connectivity index (χ0) is 15.4. The number of nitro groups is 1. The van der Waals surface area contributed by atoms with Crippen LogP contribution in [0, 0.1) is 10.1 Å². The third-order valence-corrected chi connectivity index (χ3v) is 3.90. The van der Waals surface area contributed by atoms with Gasteiger partial charge in [0.25, 0.3) is 11.6 Å². The number of pyridine rings is 1. The topological polar surface area (TPSA) is 102 Å². The van der Waals surface area contributed by atoms with E-state index in [0.29, 0.717) is 6.54 Å². The van der Waals surface area contributed by atoms with Crippen LogP contribution in [0.2, 0.25) is 0 Å². The summed E-state index contributed by atoms with van der Waals surface area (Å²) in [5.41, 5.74) is 5.44. The quantitative estimate of drug-likeness (QED) is 0.672. The van der Waals surface area contributed by atoms with Crippen molar-refractivity contribution in [3.8, 4) is 0 Å². The minimum Gasteiger partial charge on any atom is -0.383 e. The number of carbonyl (C=O) groups is 1. The van der Waals surface area contributed by atoms with E-state index in [4.69, 9.17) is 5.73 Å². The van der Waals surface area contributed by atoms with Gasteiger partial charge >= 0.3 is 0 Å². The molecule has 0 spiro atoms. The zero-order valence-electron chi connectivity index (χ0n) is 11.4. The lowest BCUT2D eigenvalue weighted by Crippen LogP contribution is -2.29. The molecule has 0 radical (unpaired) electrons. The van der Waals surface area contributed by atoms with Gasteiger partial charge in [0, 0.05) is 24.5 Å². The summed E-state index contributed by atoms with van der Waals surface area (Å²) in [6.07, 6.45) is 1.76. The lowest BCUT2D eigenvalue weighted by atomic mass is 10.2. The molecular formula is C13H14N4O3S. The molecule has 2 aromatic rings. The van der Waals surface area contributed by atoms with Crippen LogP contribution in [0.25, 0.3) is 0 Å². The third-order valence-electron chi connectivity index (χ3n) is 2.97. The van der Waals surface area contributed by atoms with Gasteiger partial charge < -0.3 is 10.6 Å². The van der Waals surface area contributed by atoms with E-state index in [-0.39, 0.29) is 23.0 Å². The Balaban J connectivity index is 2.11. The fourth-order valence-electron chi connectivity index (χ4n) is 1.78. The average molecular weight is 306 g/mol. The number of aromatic nitrogens is 1. The molecule has 0 aromatic carbocycles. The number of amides is 1. The maximum atomic E-state index is 12.3. The first-order chi connectivity index (χ1) is 9.99. The average Bonchev–Trinajstić information content (AvgIpc) is 2.97. The van der Waals surface area contributed by atoms with Crippen LogP contribution in [0.4, 0.5) is 11.5 Å². The highest BCUT2D eigenvalue weighted by Crippen LogP contribution is 2.18. The lowest BCUT2D eigenvalue weighted by molar-refractivity contribution is -0.385. The summed E-state index contributed by atoms with van der Waals surface area (Å²) in [7, 11) is 1.63. The Morgan fingerprint density at radius 3 is 2.95 bits per heavy atom. The van der Waals surface area contributed by atoms with E-state index in [1.165, 1.54) is 9.78 Å². The van der Waals surface area contributed by atoms with Crippen LogP contribution in [0.3, 0.4) is 0 Å². The number of hydrogen-bond donors (Lipinski definition) is 1. The molecule has 1 amide bonds. The Hall–Kier alpha value is -2.48. The Morgan fingerprint density at radius 1 is 1.57 bits per heavy atom. The second kappa shape index (κ2) is 6.31. The van der Waals surface area contributed by atoms with E-state index in [1.54, 1.807) is 18.4 Å². The molecule has 0 aliphatic heterocycles. The van der Waals surface area contributed by atoms with Gasteiger partial charge in [0.1, 0.15) is 12.0 Å². The highest BCUT2D eigenvalue weighted by molar-refractivity contribution is 7.09. The largest absolute Gasteiger partial charge is 0.383 e. The molecule has 0 saturated heterocycles. The number of carbonyl (C=O) groups excluding carboxylic acids is 1.